The third kappa shape index (κ3) is 3.89. The second-order valence-electron chi connectivity index (χ2n) is 4.79. The van der Waals surface area contributed by atoms with Gasteiger partial charge in [0.25, 0.3) is 0 Å². The normalized spacial score (nSPS) is 11.6. The van der Waals surface area contributed by atoms with Crippen molar-refractivity contribution in [1.29, 1.82) is 0 Å². The van der Waals surface area contributed by atoms with Crippen molar-refractivity contribution in [3.8, 4) is 11.5 Å². The minimum absolute atomic E-state index is 0.316. The number of benzene rings is 2. The molecule has 0 saturated heterocycles. The summed E-state index contributed by atoms with van der Waals surface area (Å²) in [7, 11) is 0.0286. The average Bonchev–Trinajstić information content (AvgIpc) is 2.52. The Morgan fingerprint density at radius 3 is 1.91 bits per heavy atom. The fourth-order valence-corrected chi connectivity index (χ4v) is 2.61. The van der Waals surface area contributed by atoms with Crippen molar-refractivity contribution in [1.82, 2.24) is 0 Å². The van der Waals surface area contributed by atoms with E-state index in [-0.39, 0.29) is 0 Å². The van der Waals surface area contributed by atoms with Crippen LogP contribution in [0.3, 0.4) is 0 Å². The van der Waals surface area contributed by atoms with E-state index in [0.717, 1.165) is 11.1 Å². The number of methoxy groups -OCH3 is 2. The fraction of sp³-hybridized carbons (Fsp3) is 0.176. The van der Waals surface area contributed by atoms with Crippen molar-refractivity contribution in [2.24, 2.45) is 0 Å². The Morgan fingerprint density at radius 1 is 0.818 bits per heavy atom. The fourth-order valence-electron chi connectivity index (χ4n) is 1.98. The number of ether oxygens (including phenoxy) is 2. The lowest BCUT2D eigenvalue weighted by Gasteiger charge is -2.07. The van der Waals surface area contributed by atoms with E-state index in [0.29, 0.717) is 16.4 Å². The van der Waals surface area contributed by atoms with Gasteiger partial charge in [-0.15, -0.1) is 0 Å². The molecule has 0 bridgehead atoms. The van der Waals surface area contributed by atoms with Crippen LogP contribution in [0.15, 0.2) is 47.4 Å². The van der Waals surface area contributed by atoms with Gasteiger partial charge in [-0.2, -0.15) is 0 Å². The van der Waals surface area contributed by atoms with Crippen molar-refractivity contribution in [3.63, 3.8) is 0 Å². The van der Waals surface area contributed by atoms with Crippen LogP contribution in [-0.4, -0.2) is 28.9 Å². The Balaban J connectivity index is 2.21. The van der Waals surface area contributed by atoms with Crippen molar-refractivity contribution < 1.29 is 17.9 Å². The van der Waals surface area contributed by atoms with E-state index < -0.39 is 9.84 Å². The Kier molecular flexibility index (Phi) is 4.88. The van der Waals surface area contributed by atoms with Gasteiger partial charge in [0.05, 0.1) is 19.1 Å². The van der Waals surface area contributed by atoms with E-state index in [1.807, 2.05) is 30.4 Å². The molecule has 0 heterocycles. The predicted molar refractivity (Wildman–Crippen MR) is 88.0 cm³/mol. The topological polar surface area (TPSA) is 52.6 Å². The molecule has 0 fully saturated rings. The van der Waals surface area contributed by atoms with E-state index in [9.17, 15) is 8.42 Å². The zero-order chi connectivity index (χ0) is 16.2. The molecule has 22 heavy (non-hydrogen) atoms. The van der Waals surface area contributed by atoms with Gasteiger partial charge in [-0.25, -0.2) is 8.42 Å². The maximum atomic E-state index is 11.4. The first-order valence-electron chi connectivity index (χ1n) is 6.64. The highest BCUT2D eigenvalue weighted by Crippen LogP contribution is 2.28. The second kappa shape index (κ2) is 6.66. The Morgan fingerprint density at radius 2 is 1.36 bits per heavy atom. The Hall–Kier alpha value is -2.27. The molecule has 0 aliphatic rings. The van der Waals surface area contributed by atoms with Crippen LogP contribution in [-0.2, 0) is 9.84 Å². The van der Waals surface area contributed by atoms with E-state index in [1.165, 1.54) is 6.26 Å². The quantitative estimate of drug-likeness (QED) is 0.794. The first kappa shape index (κ1) is 16.1. The lowest BCUT2D eigenvalue weighted by Crippen LogP contribution is -1.96. The van der Waals surface area contributed by atoms with Gasteiger partial charge in [-0.05, 0) is 35.4 Å². The van der Waals surface area contributed by atoms with Crippen LogP contribution in [0.1, 0.15) is 11.1 Å². The van der Waals surface area contributed by atoms with E-state index in [4.69, 9.17) is 9.47 Å². The van der Waals surface area contributed by atoms with Gasteiger partial charge >= 0.3 is 0 Å². The van der Waals surface area contributed by atoms with Gasteiger partial charge in [0.2, 0.25) is 0 Å². The summed E-state index contributed by atoms with van der Waals surface area (Å²) in [4.78, 5) is 0.316. The lowest BCUT2D eigenvalue weighted by atomic mass is 10.1. The molecule has 0 aliphatic heterocycles. The summed E-state index contributed by atoms with van der Waals surface area (Å²) >= 11 is 0. The molecule has 0 saturated carbocycles. The van der Waals surface area contributed by atoms with Gasteiger partial charge in [0.15, 0.2) is 21.3 Å². The van der Waals surface area contributed by atoms with Crippen LogP contribution >= 0.6 is 0 Å². The predicted octanol–water partition coefficient (Wildman–Crippen LogP) is 3.28. The van der Waals surface area contributed by atoms with E-state index in [2.05, 4.69) is 0 Å². The second-order valence-corrected chi connectivity index (χ2v) is 6.80. The highest BCUT2D eigenvalue weighted by atomic mass is 32.2. The number of hydrogen-bond donors (Lipinski definition) is 0. The summed E-state index contributed by atoms with van der Waals surface area (Å²) in [5, 5.41) is 0. The maximum absolute atomic E-state index is 11.4. The standard InChI is InChI=1S/C17H18O4S/c1-20-16-11-8-14(12-17(16)21-2)5-4-13-6-9-15(10-7-13)22(3,18)19/h4-12H,1-3H3. The van der Waals surface area contributed by atoms with Gasteiger partial charge in [0.1, 0.15) is 0 Å². The third-order valence-electron chi connectivity index (χ3n) is 3.18. The van der Waals surface area contributed by atoms with Gasteiger partial charge in [-0.1, -0.05) is 30.4 Å². The van der Waals surface area contributed by atoms with E-state index in [1.54, 1.807) is 38.5 Å². The molecule has 116 valence electrons. The highest BCUT2D eigenvalue weighted by molar-refractivity contribution is 7.90. The minimum Gasteiger partial charge on any atom is -0.493 e. The molecule has 0 amide bonds. The smallest absolute Gasteiger partial charge is 0.175 e. The summed E-state index contributed by atoms with van der Waals surface area (Å²) in [6, 6.07) is 12.4. The molecule has 0 aromatic heterocycles. The maximum Gasteiger partial charge on any atom is 0.175 e. The molecule has 4 nitrogen and oxygen atoms in total. The van der Waals surface area contributed by atoms with Crippen molar-refractivity contribution in [2.75, 3.05) is 20.5 Å². The third-order valence-corrected chi connectivity index (χ3v) is 4.31. The first-order chi connectivity index (χ1) is 10.4. The summed E-state index contributed by atoms with van der Waals surface area (Å²) in [6.07, 6.45) is 5.03. The van der Waals surface area contributed by atoms with Gasteiger partial charge in [-0.3, -0.25) is 0 Å². The summed E-state index contributed by atoms with van der Waals surface area (Å²) in [5.41, 5.74) is 1.88. The molecule has 2 rings (SSSR count). The molecule has 2 aromatic carbocycles. The minimum atomic E-state index is -3.16. The van der Waals surface area contributed by atoms with Crippen LogP contribution in [0, 0.1) is 0 Å². The molecule has 5 heteroatoms. The van der Waals surface area contributed by atoms with Crippen LogP contribution in [0.5, 0.6) is 11.5 Å². The highest BCUT2D eigenvalue weighted by Gasteiger charge is 2.05. The molecule has 0 unspecified atom stereocenters. The number of hydrogen-bond acceptors (Lipinski definition) is 4. The molecule has 0 aliphatic carbocycles. The summed E-state index contributed by atoms with van der Waals surface area (Å²) in [6.45, 7) is 0. The summed E-state index contributed by atoms with van der Waals surface area (Å²) < 4.78 is 33.3. The zero-order valence-electron chi connectivity index (χ0n) is 12.7. The summed E-state index contributed by atoms with van der Waals surface area (Å²) in [5.74, 6) is 1.34. The SMILES string of the molecule is COc1ccc(C=Cc2ccc(S(C)(=O)=O)cc2)cc1OC. The van der Waals surface area contributed by atoms with Crippen LogP contribution < -0.4 is 9.47 Å². The monoisotopic (exact) mass is 318 g/mol. The van der Waals surface area contributed by atoms with Gasteiger partial charge < -0.3 is 9.47 Å². The Bertz CT molecular complexity index is 775. The van der Waals surface area contributed by atoms with Crippen molar-refractivity contribution in [3.05, 3.63) is 53.6 Å². The largest absolute Gasteiger partial charge is 0.493 e. The number of sulfone groups is 1. The van der Waals surface area contributed by atoms with Crippen LogP contribution in [0.4, 0.5) is 0 Å². The van der Waals surface area contributed by atoms with Crippen molar-refractivity contribution >= 4 is 22.0 Å². The molecule has 0 atom stereocenters. The van der Waals surface area contributed by atoms with E-state index >= 15 is 0 Å². The van der Waals surface area contributed by atoms with Crippen molar-refractivity contribution in [2.45, 2.75) is 4.90 Å². The molecular formula is C17H18O4S. The molecular weight excluding hydrogens is 300 g/mol. The van der Waals surface area contributed by atoms with Crippen LogP contribution in [0.2, 0.25) is 0 Å². The van der Waals surface area contributed by atoms with Crippen LogP contribution in [0.25, 0.3) is 12.2 Å². The lowest BCUT2D eigenvalue weighted by molar-refractivity contribution is 0.355. The molecule has 0 spiro atoms. The average molecular weight is 318 g/mol. The molecule has 2 aromatic rings. The zero-order valence-corrected chi connectivity index (χ0v) is 13.6. The first-order valence-corrected chi connectivity index (χ1v) is 8.53. The molecule has 0 N–H and O–H groups in total. The Labute approximate surface area is 130 Å². The number of rotatable bonds is 5. The van der Waals surface area contributed by atoms with Gasteiger partial charge in [0, 0.05) is 6.26 Å². The molecule has 0 radical (unpaired) electrons.